The molecule has 138 valence electrons. The van der Waals surface area contributed by atoms with Crippen molar-refractivity contribution >= 4 is 45.9 Å². The van der Waals surface area contributed by atoms with Crippen LogP contribution in [-0.2, 0) is 4.79 Å². The number of halogens is 1. The number of fused-ring (bicyclic) bond motifs is 1. The molecule has 1 fully saturated rings. The maximum atomic E-state index is 13.1. The highest BCUT2D eigenvalue weighted by Crippen LogP contribution is 2.44. The van der Waals surface area contributed by atoms with Gasteiger partial charge >= 0.3 is 6.03 Å². The number of thioether (sulfide) groups is 1. The number of benzene rings is 1. The molecule has 2 unspecified atom stereocenters. The van der Waals surface area contributed by atoms with Gasteiger partial charge in [-0.25, -0.2) is 9.69 Å². The van der Waals surface area contributed by atoms with Crippen LogP contribution in [0, 0.1) is 0 Å². The molecule has 0 saturated carbocycles. The summed E-state index contributed by atoms with van der Waals surface area (Å²) in [5, 5.41) is 3.13. The van der Waals surface area contributed by atoms with Crippen LogP contribution in [0.25, 0.3) is 4.91 Å². The first-order valence-corrected chi connectivity index (χ1v) is 9.94. The van der Waals surface area contributed by atoms with E-state index in [0.717, 1.165) is 16.0 Å². The number of anilines is 1. The molecule has 2 aromatic rings. The van der Waals surface area contributed by atoms with E-state index in [-0.39, 0.29) is 17.9 Å². The van der Waals surface area contributed by atoms with Crippen molar-refractivity contribution in [3.63, 3.8) is 0 Å². The first-order valence-electron chi connectivity index (χ1n) is 8.68. The van der Waals surface area contributed by atoms with E-state index in [1.54, 1.807) is 12.4 Å². The standard InChI is InChI=1S/C20H18ClN3O2S/c1-11(2)12-7-13(10-22-9-12)24-19(25)18-16(23-20(24)26)8-17(27-18)14-5-3-4-6-15(14)21/h3-11,16,18H,1-2H3,(H,23,26). The summed E-state index contributed by atoms with van der Waals surface area (Å²) >= 11 is 7.72. The fourth-order valence-electron chi connectivity index (χ4n) is 3.20. The Bertz CT molecular complexity index is 960. The van der Waals surface area contributed by atoms with Crippen molar-refractivity contribution in [1.29, 1.82) is 0 Å². The Morgan fingerprint density at radius 1 is 1.22 bits per heavy atom. The van der Waals surface area contributed by atoms with Crippen LogP contribution in [-0.4, -0.2) is 28.2 Å². The van der Waals surface area contributed by atoms with E-state index >= 15 is 0 Å². The molecule has 2 aliphatic heterocycles. The monoisotopic (exact) mass is 399 g/mol. The lowest BCUT2D eigenvalue weighted by Gasteiger charge is -2.33. The number of imide groups is 1. The van der Waals surface area contributed by atoms with Crippen LogP contribution in [0.4, 0.5) is 10.5 Å². The van der Waals surface area contributed by atoms with Crippen molar-refractivity contribution in [1.82, 2.24) is 10.3 Å². The molecule has 3 amide bonds. The van der Waals surface area contributed by atoms with E-state index in [4.69, 9.17) is 11.6 Å². The third kappa shape index (κ3) is 3.24. The number of nitrogens with one attached hydrogen (secondary N) is 1. The molecule has 0 aliphatic carbocycles. The predicted octanol–water partition coefficient (Wildman–Crippen LogP) is 4.44. The Balaban J connectivity index is 1.63. The maximum absolute atomic E-state index is 13.1. The molecule has 7 heteroatoms. The Hall–Kier alpha value is -2.31. The van der Waals surface area contributed by atoms with Crippen LogP contribution in [0.2, 0.25) is 5.02 Å². The topological polar surface area (TPSA) is 62.3 Å². The van der Waals surface area contributed by atoms with Gasteiger partial charge in [0.2, 0.25) is 0 Å². The number of carbonyl (C=O) groups is 2. The first-order chi connectivity index (χ1) is 13.0. The van der Waals surface area contributed by atoms with E-state index in [1.165, 1.54) is 16.7 Å². The molecule has 0 radical (unpaired) electrons. The fourth-order valence-corrected chi connectivity index (χ4v) is 4.79. The number of nitrogens with zero attached hydrogens (tertiary/aromatic N) is 2. The van der Waals surface area contributed by atoms with Crippen molar-refractivity contribution in [2.24, 2.45) is 0 Å². The molecule has 5 nitrogen and oxygen atoms in total. The molecule has 1 aromatic heterocycles. The van der Waals surface area contributed by atoms with Crippen molar-refractivity contribution in [2.75, 3.05) is 4.90 Å². The molecular weight excluding hydrogens is 382 g/mol. The van der Waals surface area contributed by atoms with Gasteiger partial charge in [-0.1, -0.05) is 43.6 Å². The van der Waals surface area contributed by atoms with E-state index in [9.17, 15) is 9.59 Å². The van der Waals surface area contributed by atoms with Crippen LogP contribution in [0.5, 0.6) is 0 Å². The van der Waals surface area contributed by atoms with Crippen LogP contribution in [0.1, 0.15) is 30.9 Å². The summed E-state index contributed by atoms with van der Waals surface area (Å²) in [5.41, 5.74) is 2.34. The zero-order valence-corrected chi connectivity index (χ0v) is 16.4. The van der Waals surface area contributed by atoms with Gasteiger partial charge in [-0.15, -0.1) is 11.8 Å². The summed E-state index contributed by atoms with van der Waals surface area (Å²) in [6.07, 6.45) is 5.21. The summed E-state index contributed by atoms with van der Waals surface area (Å²) in [4.78, 5) is 32.0. The van der Waals surface area contributed by atoms with E-state index in [1.807, 2.05) is 50.3 Å². The average molecular weight is 400 g/mol. The number of pyridine rings is 1. The molecule has 2 aliphatic rings. The van der Waals surface area contributed by atoms with Gasteiger partial charge in [0.25, 0.3) is 5.91 Å². The molecule has 3 heterocycles. The zero-order valence-electron chi connectivity index (χ0n) is 14.8. The molecule has 1 saturated heterocycles. The predicted molar refractivity (Wildman–Crippen MR) is 109 cm³/mol. The summed E-state index contributed by atoms with van der Waals surface area (Å²) in [5.74, 6) is 0.0114. The van der Waals surface area contributed by atoms with Gasteiger partial charge in [0, 0.05) is 21.7 Å². The quantitative estimate of drug-likeness (QED) is 0.828. The average Bonchev–Trinajstić information content (AvgIpc) is 3.06. The van der Waals surface area contributed by atoms with Gasteiger partial charge < -0.3 is 5.32 Å². The highest BCUT2D eigenvalue weighted by molar-refractivity contribution is 8.09. The van der Waals surface area contributed by atoms with Gasteiger partial charge in [0.15, 0.2) is 0 Å². The SMILES string of the molecule is CC(C)c1cncc(N2C(=O)NC3C=C(c4ccccc4Cl)SC3C2=O)c1. The Morgan fingerprint density at radius 3 is 2.74 bits per heavy atom. The Morgan fingerprint density at radius 2 is 2.00 bits per heavy atom. The fraction of sp³-hybridized carbons (Fsp3) is 0.250. The normalized spacial score (nSPS) is 21.9. The van der Waals surface area contributed by atoms with Gasteiger partial charge in [-0.05, 0) is 29.7 Å². The van der Waals surface area contributed by atoms with Crippen molar-refractivity contribution < 1.29 is 9.59 Å². The summed E-state index contributed by atoms with van der Waals surface area (Å²) in [6.45, 7) is 4.09. The number of hydrogen-bond acceptors (Lipinski definition) is 4. The molecule has 1 N–H and O–H groups in total. The van der Waals surface area contributed by atoms with Crippen LogP contribution < -0.4 is 10.2 Å². The molecule has 27 heavy (non-hydrogen) atoms. The minimum absolute atomic E-state index is 0.241. The van der Waals surface area contributed by atoms with Gasteiger partial charge in [0.05, 0.1) is 17.9 Å². The molecule has 0 bridgehead atoms. The largest absolute Gasteiger partial charge is 0.329 e. The van der Waals surface area contributed by atoms with E-state index < -0.39 is 11.3 Å². The lowest BCUT2D eigenvalue weighted by atomic mass is 10.0. The van der Waals surface area contributed by atoms with Crippen molar-refractivity contribution in [3.8, 4) is 0 Å². The van der Waals surface area contributed by atoms with Crippen molar-refractivity contribution in [2.45, 2.75) is 31.1 Å². The lowest BCUT2D eigenvalue weighted by Crippen LogP contribution is -2.60. The number of urea groups is 1. The number of aromatic nitrogens is 1. The summed E-state index contributed by atoms with van der Waals surface area (Å²) < 4.78 is 0. The minimum atomic E-state index is -0.429. The van der Waals surface area contributed by atoms with Crippen LogP contribution in [0.15, 0.2) is 48.8 Å². The Labute approximate surface area is 166 Å². The van der Waals surface area contributed by atoms with Crippen LogP contribution in [0.3, 0.4) is 0 Å². The maximum Gasteiger partial charge on any atom is 0.329 e. The molecular formula is C20H18ClN3O2S. The number of carbonyl (C=O) groups excluding carboxylic acids is 2. The van der Waals surface area contributed by atoms with Crippen LogP contribution >= 0.6 is 23.4 Å². The second kappa shape index (κ2) is 7.02. The molecule has 0 spiro atoms. The van der Waals surface area contributed by atoms with Gasteiger partial charge in [-0.2, -0.15) is 0 Å². The number of hydrogen-bond donors (Lipinski definition) is 1. The molecule has 4 rings (SSSR count). The zero-order chi connectivity index (χ0) is 19.1. The molecule has 2 atom stereocenters. The second-order valence-corrected chi connectivity index (χ2v) is 8.42. The number of amides is 3. The Kier molecular flexibility index (Phi) is 4.70. The van der Waals surface area contributed by atoms with Gasteiger partial charge in [-0.3, -0.25) is 9.78 Å². The van der Waals surface area contributed by atoms with Gasteiger partial charge in [0.1, 0.15) is 5.25 Å². The van der Waals surface area contributed by atoms with Crippen molar-refractivity contribution in [3.05, 3.63) is 65.0 Å². The smallest absolute Gasteiger partial charge is 0.329 e. The highest BCUT2D eigenvalue weighted by atomic mass is 35.5. The summed E-state index contributed by atoms with van der Waals surface area (Å²) in [7, 11) is 0. The lowest BCUT2D eigenvalue weighted by molar-refractivity contribution is -0.118. The van der Waals surface area contributed by atoms with E-state index in [2.05, 4.69) is 10.3 Å². The first kappa shape index (κ1) is 18.1. The number of rotatable bonds is 3. The highest BCUT2D eigenvalue weighted by Gasteiger charge is 2.45. The third-order valence-electron chi connectivity index (χ3n) is 4.68. The third-order valence-corrected chi connectivity index (χ3v) is 6.37. The molecule has 1 aromatic carbocycles. The summed E-state index contributed by atoms with van der Waals surface area (Å²) in [6, 6.07) is 8.56. The second-order valence-electron chi connectivity index (χ2n) is 6.83. The van der Waals surface area contributed by atoms with E-state index in [0.29, 0.717) is 10.7 Å². The minimum Gasteiger partial charge on any atom is -0.329 e.